The maximum Gasteiger partial charge on any atom is 0.0635 e. The van der Waals surface area contributed by atoms with E-state index in [1.165, 1.54) is 0 Å². The van der Waals surface area contributed by atoms with Crippen LogP contribution in [0.2, 0.25) is 0 Å². The van der Waals surface area contributed by atoms with Gasteiger partial charge in [0, 0.05) is 0 Å². The van der Waals surface area contributed by atoms with E-state index in [0.29, 0.717) is 17.9 Å². The molecule has 0 amide bonds. The largest absolute Gasteiger partial charge is 0.393 e. The van der Waals surface area contributed by atoms with Crippen molar-refractivity contribution in [2.45, 2.75) is 31.4 Å². The number of nitrogens with zero attached hydrogens (tertiary/aromatic N) is 1. The molecule has 60 valence electrons. The molecule has 2 aliphatic rings. The van der Waals surface area contributed by atoms with Crippen LogP contribution in [0.25, 0.3) is 0 Å². The first-order chi connectivity index (χ1) is 5.31. The van der Waals surface area contributed by atoms with Crippen molar-refractivity contribution in [3.8, 4) is 0 Å². The van der Waals surface area contributed by atoms with Crippen LogP contribution in [0.1, 0.15) is 19.3 Å². The van der Waals surface area contributed by atoms with Crippen molar-refractivity contribution in [3.05, 3.63) is 0 Å². The van der Waals surface area contributed by atoms with Gasteiger partial charge in [0.1, 0.15) is 0 Å². The Morgan fingerprint density at radius 1 is 1.27 bits per heavy atom. The second kappa shape index (κ2) is 2.67. The van der Waals surface area contributed by atoms with Crippen LogP contribution in [0.15, 0.2) is 4.99 Å². The highest BCUT2D eigenvalue weighted by molar-refractivity contribution is 7.78. The summed E-state index contributed by atoms with van der Waals surface area (Å²) in [6, 6.07) is 0.376. The topological polar surface area (TPSA) is 32.6 Å². The maximum atomic E-state index is 9.42. The summed E-state index contributed by atoms with van der Waals surface area (Å²) in [5.74, 6) is 1.09. The van der Waals surface area contributed by atoms with Crippen LogP contribution in [-0.2, 0) is 0 Å². The fourth-order valence-corrected chi connectivity index (χ4v) is 2.58. The number of aliphatic hydroxyl groups is 1. The normalized spacial score (nSPS) is 47.4. The number of hydrogen-bond donors (Lipinski definition) is 1. The fraction of sp³-hybridized carbons (Fsp3) is 0.875. The quantitative estimate of drug-likeness (QED) is 0.473. The van der Waals surface area contributed by atoms with Gasteiger partial charge in [0.05, 0.1) is 17.3 Å². The molecule has 0 heterocycles. The molecule has 0 aromatic rings. The number of rotatable bonds is 1. The summed E-state index contributed by atoms with van der Waals surface area (Å²) in [5, 5.41) is 11.9. The van der Waals surface area contributed by atoms with Gasteiger partial charge in [0.15, 0.2) is 0 Å². The number of fused-ring (bicyclic) bond motifs is 2. The Balaban J connectivity index is 2.08. The van der Waals surface area contributed by atoms with E-state index in [1.54, 1.807) is 0 Å². The summed E-state index contributed by atoms with van der Waals surface area (Å²) >= 11 is 4.55. The molecular formula is C8H11NOS. The Morgan fingerprint density at radius 3 is 2.55 bits per heavy atom. The van der Waals surface area contributed by atoms with Crippen LogP contribution < -0.4 is 0 Å². The Morgan fingerprint density at radius 2 is 2.09 bits per heavy atom. The Bertz CT molecular complexity index is 210. The summed E-state index contributed by atoms with van der Waals surface area (Å²) in [6.07, 6.45) is 3.04. The van der Waals surface area contributed by atoms with Crippen molar-refractivity contribution in [3.63, 3.8) is 0 Å². The van der Waals surface area contributed by atoms with Crippen LogP contribution in [0.3, 0.4) is 0 Å². The molecule has 0 spiro atoms. The molecule has 0 saturated heterocycles. The predicted octanol–water partition coefficient (Wildman–Crippen LogP) is 1.25. The highest BCUT2D eigenvalue weighted by Gasteiger charge is 2.44. The molecule has 4 atom stereocenters. The lowest BCUT2D eigenvalue weighted by molar-refractivity contribution is 0.108. The van der Waals surface area contributed by atoms with Crippen LogP contribution in [0, 0.1) is 11.8 Å². The van der Waals surface area contributed by atoms with Gasteiger partial charge in [-0.15, -0.1) is 0 Å². The first-order valence-electron chi connectivity index (χ1n) is 4.06. The van der Waals surface area contributed by atoms with E-state index in [0.717, 1.165) is 19.3 Å². The first-order valence-corrected chi connectivity index (χ1v) is 4.47. The second-order valence-corrected chi connectivity index (χ2v) is 3.76. The van der Waals surface area contributed by atoms with Gasteiger partial charge >= 0.3 is 0 Å². The van der Waals surface area contributed by atoms with Gasteiger partial charge in [-0.3, -0.25) is 0 Å². The van der Waals surface area contributed by atoms with Crippen molar-refractivity contribution in [1.82, 2.24) is 0 Å². The predicted molar refractivity (Wildman–Crippen MR) is 45.7 cm³/mol. The monoisotopic (exact) mass is 169 g/mol. The number of hydrogen-bond acceptors (Lipinski definition) is 3. The van der Waals surface area contributed by atoms with Crippen molar-refractivity contribution in [2.75, 3.05) is 0 Å². The smallest absolute Gasteiger partial charge is 0.0635 e. The minimum absolute atomic E-state index is 0.0587. The van der Waals surface area contributed by atoms with E-state index in [-0.39, 0.29) is 6.10 Å². The third-order valence-electron chi connectivity index (χ3n) is 3.00. The lowest BCUT2D eigenvalue weighted by Gasteiger charge is -2.20. The van der Waals surface area contributed by atoms with Gasteiger partial charge in [-0.2, -0.15) is 0 Å². The van der Waals surface area contributed by atoms with E-state index in [4.69, 9.17) is 0 Å². The van der Waals surface area contributed by atoms with Gasteiger partial charge in [-0.25, -0.2) is 4.99 Å². The molecule has 2 saturated carbocycles. The lowest BCUT2D eigenvalue weighted by Crippen LogP contribution is -2.23. The Kier molecular flexibility index (Phi) is 1.80. The zero-order valence-electron chi connectivity index (χ0n) is 6.23. The molecule has 2 bridgehead atoms. The van der Waals surface area contributed by atoms with E-state index in [1.807, 2.05) is 0 Å². The highest BCUT2D eigenvalue weighted by Crippen LogP contribution is 2.45. The van der Waals surface area contributed by atoms with Crippen LogP contribution >= 0.6 is 12.2 Å². The third kappa shape index (κ3) is 1.13. The van der Waals surface area contributed by atoms with Crippen molar-refractivity contribution >= 4 is 17.4 Å². The van der Waals surface area contributed by atoms with Crippen molar-refractivity contribution < 1.29 is 5.11 Å². The van der Waals surface area contributed by atoms with E-state index in [2.05, 4.69) is 22.4 Å². The molecule has 0 radical (unpaired) electrons. The van der Waals surface area contributed by atoms with Gasteiger partial charge in [-0.05, 0) is 43.3 Å². The number of aliphatic imine (C=N–C) groups is 1. The van der Waals surface area contributed by atoms with Gasteiger partial charge in [0.25, 0.3) is 0 Å². The van der Waals surface area contributed by atoms with Gasteiger partial charge < -0.3 is 5.11 Å². The van der Waals surface area contributed by atoms with E-state index < -0.39 is 0 Å². The molecule has 2 nitrogen and oxygen atoms in total. The molecule has 0 unspecified atom stereocenters. The Labute approximate surface area is 71.3 Å². The van der Waals surface area contributed by atoms with Gasteiger partial charge in [0.2, 0.25) is 0 Å². The Hall–Kier alpha value is -0.240. The zero-order valence-corrected chi connectivity index (χ0v) is 7.05. The molecule has 11 heavy (non-hydrogen) atoms. The SMILES string of the molecule is O[C@H]1C[C@H]2C[C@@H]1C[C@@H]2N=C=S. The summed E-state index contributed by atoms with van der Waals surface area (Å²) < 4.78 is 0. The minimum Gasteiger partial charge on any atom is -0.393 e. The summed E-state index contributed by atoms with van der Waals surface area (Å²) in [5.41, 5.74) is 0. The van der Waals surface area contributed by atoms with Crippen LogP contribution in [0.5, 0.6) is 0 Å². The number of aliphatic hydroxyl groups excluding tert-OH is 1. The molecule has 2 rings (SSSR count). The number of isothiocyanates is 1. The zero-order chi connectivity index (χ0) is 7.84. The standard InChI is InChI=1S/C8H11NOS/c10-8-3-5-1-6(8)2-7(5)9-4-11/h5-8,10H,1-3H2/t5-,6-,7+,8+/m1/s1. The highest BCUT2D eigenvalue weighted by atomic mass is 32.1. The molecule has 3 heteroatoms. The molecule has 0 aliphatic heterocycles. The van der Waals surface area contributed by atoms with Gasteiger partial charge in [-0.1, -0.05) is 0 Å². The molecule has 2 fully saturated rings. The third-order valence-corrected chi connectivity index (χ3v) is 3.11. The van der Waals surface area contributed by atoms with Crippen molar-refractivity contribution in [2.24, 2.45) is 16.8 Å². The number of thiocarbonyl (C=S) groups is 1. The maximum absolute atomic E-state index is 9.42. The summed E-state index contributed by atoms with van der Waals surface area (Å²) in [6.45, 7) is 0. The molecule has 2 aliphatic carbocycles. The average Bonchev–Trinajstić information content (AvgIpc) is 2.47. The van der Waals surface area contributed by atoms with E-state index >= 15 is 0 Å². The first kappa shape index (κ1) is 7.41. The molecule has 1 N–H and O–H groups in total. The minimum atomic E-state index is -0.0587. The van der Waals surface area contributed by atoms with Crippen LogP contribution in [0.4, 0.5) is 0 Å². The fourth-order valence-electron chi connectivity index (χ4n) is 2.44. The van der Waals surface area contributed by atoms with E-state index in [9.17, 15) is 5.11 Å². The second-order valence-electron chi connectivity index (χ2n) is 3.58. The van der Waals surface area contributed by atoms with Crippen molar-refractivity contribution in [1.29, 1.82) is 0 Å². The van der Waals surface area contributed by atoms with Crippen LogP contribution in [-0.4, -0.2) is 22.4 Å². The summed E-state index contributed by atoms with van der Waals surface area (Å²) in [4.78, 5) is 4.09. The molecular weight excluding hydrogens is 158 g/mol. The molecule has 0 aromatic carbocycles. The average molecular weight is 169 g/mol. The molecule has 0 aromatic heterocycles. The summed E-state index contributed by atoms with van der Waals surface area (Å²) in [7, 11) is 0. The lowest BCUT2D eigenvalue weighted by atomic mass is 9.94.